The molecule has 0 N–H and O–H groups in total. The smallest absolute Gasteiger partial charge is 0.191 e. The van der Waals surface area contributed by atoms with E-state index in [-0.39, 0.29) is 0 Å². The third-order valence-electron chi connectivity index (χ3n) is 5.84. The van der Waals surface area contributed by atoms with E-state index >= 15 is 0 Å². The Hall–Kier alpha value is -1.96. The van der Waals surface area contributed by atoms with E-state index in [0.29, 0.717) is 0 Å². The van der Waals surface area contributed by atoms with Gasteiger partial charge in [0.2, 0.25) is 0 Å². The van der Waals surface area contributed by atoms with Crippen LogP contribution in [0.25, 0.3) is 22.0 Å². The Kier molecular flexibility index (Phi) is 5.99. The molecule has 1 aromatic carbocycles. The van der Waals surface area contributed by atoms with Gasteiger partial charge in [0.1, 0.15) is 5.01 Å². The van der Waals surface area contributed by atoms with Gasteiger partial charge in [0, 0.05) is 39.1 Å². The summed E-state index contributed by atoms with van der Waals surface area (Å²) in [6.45, 7) is 7.52. The Morgan fingerprint density at radius 2 is 2.10 bits per heavy atom. The third-order valence-corrected chi connectivity index (χ3v) is 8.83. The van der Waals surface area contributed by atoms with Crippen molar-refractivity contribution >= 4 is 34.4 Å². The minimum atomic E-state index is 0.789. The monoisotopic (exact) mass is 466 g/mol. The number of thioether (sulfide) groups is 1. The Labute approximate surface area is 195 Å². The number of nitrogens with zero attached hydrogens (tertiary/aromatic N) is 4. The van der Waals surface area contributed by atoms with Gasteiger partial charge in [0.25, 0.3) is 0 Å². The number of benzene rings is 1. The van der Waals surface area contributed by atoms with Gasteiger partial charge in [-0.1, -0.05) is 42.4 Å². The Morgan fingerprint density at radius 1 is 1.19 bits per heavy atom. The molecule has 1 atom stereocenters. The highest BCUT2D eigenvalue weighted by Gasteiger charge is 2.24. The fourth-order valence-corrected chi connectivity index (χ4v) is 7.23. The second kappa shape index (κ2) is 8.88. The number of hydrogen-bond donors (Lipinski definition) is 0. The van der Waals surface area contributed by atoms with Crippen LogP contribution >= 0.6 is 34.4 Å². The van der Waals surface area contributed by atoms with Crippen LogP contribution in [-0.4, -0.2) is 19.7 Å². The van der Waals surface area contributed by atoms with E-state index in [9.17, 15) is 0 Å². The SMILES string of the molecule is CCn1c(SCc2csc(-c3cccc(C)c3)n2)nnc1-c1csc2c1CCC(C)C2. The van der Waals surface area contributed by atoms with Gasteiger partial charge in [0.05, 0.1) is 5.69 Å². The zero-order chi connectivity index (χ0) is 21.4. The molecule has 4 aromatic rings. The molecule has 1 unspecified atom stereocenters. The first-order valence-corrected chi connectivity index (χ1v) is 13.5. The van der Waals surface area contributed by atoms with Crippen LogP contribution in [0.1, 0.15) is 42.0 Å². The van der Waals surface area contributed by atoms with Crippen LogP contribution < -0.4 is 0 Å². The molecule has 0 spiro atoms. The van der Waals surface area contributed by atoms with Gasteiger partial charge in [-0.3, -0.25) is 0 Å². The number of rotatable bonds is 6. The lowest BCUT2D eigenvalue weighted by molar-refractivity contribution is 0.508. The molecule has 4 nitrogen and oxygen atoms in total. The molecule has 0 saturated carbocycles. The molecule has 0 bridgehead atoms. The highest BCUT2D eigenvalue weighted by atomic mass is 32.2. The summed E-state index contributed by atoms with van der Waals surface area (Å²) in [6, 6.07) is 8.53. The molecule has 1 aliphatic carbocycles. The zero-order valence-corrected chi connectivity index (χ0v) is 20.5. The lowest BCUT2D eigenvalue weighted by atomic mass is 9.88. The maximum absolute atomic E-state index is 4.86. The summed E-state index contributed by atoms with van der Waals surface area (Å²) >= 11 is 5.33. The van der Waals surface area contributed by atoms with Crippen LogP contribution in [0.15, 0.2) is 40.2 Å². The van der Waals surface area contributed by atoms with Crippen molar-refractivity contribution in [1.82, 2.24) is 19.7 Å². The van der Waals surface area contributed by atoms with Crippen molar-refractivity contribution in [2.75, 3.05) is 0 Å². The summed E-state index contributed by atoms with van der Waals surface area (Å²) in [5.74, 6) is 2.62. The summed E-state index contributed by atoms with van der Waals surface area (Å²) in [5, 5.41) is 15.7. The summed E-state index contributed by atoms with van der Waals surface area (Å²) < 4.78 is 2.26. The van der Waals surface area contributed by atoms with Crippen molar-refractivity contribution in [1.29, 1.82) is 0 Å². The predicted molar refractivity (Wildman–Crippen MR) is 132 cm³/mol. The average molecular weight is 467 g/mol. The molecular formula is C24H26N4S3. The standard InChI is InChI=1S/C24H26N4S3/c1-4-28-22(20-14-29-21-11-16(3)8-9-19(20)21)26-27-24(28)31-13-18-12-30-23(25-18)17-7-5-6-15(2)10-17/h5-7,10,12,14,16H,4,8-9,11,13H2,1-3H3. The lowest BCUT2D eigenvalue weighted by Gasteiger charge is -2.19. The molecule has 7 heteroatoms. The maximum atomic E-state index is 4.86. The summed E-state index contributed by atoms with van der Waals surface area (Å²) in [5.41, 5.74) is 6.35. The number of fused-ring (bicyclic) bond motifs is 1. The largest absolute Gasteiger partial charge is 0.302 e. The van der Waals surface area contributed by atoms with E-state index in [4.69, 9.17) is 4.98 Å². The summed E-state index contributed by atoms with van der Waals surface area (Å²) in [7, 11) is 0. The molecule has 31 heavy (non-hydrogen) atoms. The van der Waals surface area contributed by atoms with E-state index in [2.05, 4.69) is 70.6 Å². The first kappa shape index (κ1) is 20.9. The van der Waals surface area contributed by atoms with E-state index in [1.165, 1.54) is 35.1 Å². The topological polar surface area (TPSA) is 43.6 Å². The molecule has 5 rings (SSSR count). The molecule has 0 aliphatic heterocycles. The number of aromatic nitrogens is 4. The molecular weight excluding hydrogens is 440 g/mol. The molecule has 160 valence electrons. The van der Waals surface area contributed by atoms with Gasteiger partial charge in [-0.05, 0) is 50.7 Å². The van der Waals surface area contributed by atoms with Crippen molar-refractivity contribution in [3.05, 3.63) is 56.7 Å². The minimum absolute atomic E-state index is 0.789. The van der Waals surface area contributed by atoms with Gasteiger partial charge >= 0.3 is 0 Å². The molecule has 0 saturated heterocycles. The maximum Gasteiger partial charge on any atom is 0.191 e. The van der Waals surface area contributed by atoms with Gasteiger partial charge in [-0.2, -0.15) is 0 Å². The van der Waals surface area contributed by atoms with Crippen molar-refractivity contribution in [2.45, 2.75) is 57.5 Å². The molecule has 1 aliphatic rings. The highest BCUT2D eigenvalue weighted by Crippen LogP contribution is 2.38. The Balaban J connectivity index is 1.34. The van der Waals surface area contributed by atoms with Gasteiger partial charge < -0.3 is 4.57 Å². The molecule has 0 amide bonds. The molecule has 3 heterocycles. The van der Waals surface area contributed by atoms with Crippen LogP contribution in [-0.2, 0) is 25.1 Å². The normalized spacial score (nSPS) is 15.9. The lowest BCUT2D eigenvalue weighted by Crippen LogP contribution is -2.10. The van der Waals surface area contributed by atoms with Crippen LogP contribution in [0.4, 0.5) is 0 Å². The van der Waals surface area contributed by atoms with Gasteiger partial charge in [-0.15, -0.1) is 32.9 Å². The first-order valence-electron chi connectivity index (χ1n) is 10.8. The van der Waals surface area contributed by atoms with Crippen molar-refractivity contribution in [3.8, 4) is 22.0 Å². The molecule has 3 aromatic heterocycles. The highest BCUT2D eigenvalue weighted by molar-refractivity contribution is 7.98. The van der Waals surface area contributed by atoms with Crippen LogP contribution in [0.2, 0.25) is 0 Å². The van der Waals surface area contributed by atoms with Crippen LogP contribution in [0.3, 0.4) is 0 Å². The Morgan fingerprint density at radius 3 is 2.94 bits per heavy atom. The second-order valence-corrected chi connectivity index (χ2v) is 11.0. The average Bonchev–Trinajstić information content (AvgIpc) is 3.49. The van der Waals surface area contributed by atoms with E-state index in [1.807, 2.05) is 11.3 Å². The number of aryl methyl sites for hydroxylation is 1. The first-order chi connectivity index (χ1) is 15.1. The summed E-state index contributed by atoms with van der Waals surface area (Å²) in [6.07, 6.45) is 3.63. The predicted octanol–water partition coefficient (Wildman–Crippen LogP) is 6.88. The second-order valence-electron chi connectivity index (χ2n) is 8.25. The number of hydrogen-bond acceptors (Lipinski definition) is 6. The van der Waals surface area contributed by atoms with Crippen molar-refractivity contribution in [3.63, 3.8) is 0 Å². The van der Waals surface area contributed by atoms with Crippen LogP contribution in [0, 0.1) is 12.8 Å². The molecule has 0 fully saturated rings. The van der Waals surface area contributed by atoms with E-state index < -0.39 is 0 Å². The Bertz CT molecular complexity index is 1200. The minimum Gasteiger partial charge on any atom is -0.302 e. The van der Waals surface area contributed by atoms with Gasteiger partial charge in [0.15, 0.2) is 11.0 Å². The number of thiazole rings is 1. The van der Waals surface area contributed by atoms with Crippen molar-refractivity contribution in [2.24, 2.45) is 5.92 Å². The van der Waals surface area contributed by atoms with E-state index in [1.54, 1.807) is 28.0 Å². The number of thiophene rings is 1. The molecule has 0 radical (unpaired) electrons. The van der Waals surface area contributed by atoms with Crippen molar-refractivity contribution < 1.29 is 0 Å². The summed E-state index contributed by atoms with van der Waals surface area (Å²) in [4.78, 5) is 6.40. The fraction of sp³-hybridized carbons (Fsp3) is 0.375. The van der Waals surface area contributed by atoms with Crippen LogP contribution in [0.5, 0.6) is 0 Å². The quantitative estimate of drug-likeness (QED) is 0.291. The zero-order valence-electron chi connectivity index (χ0n) is 18.1. The fourth-order valence-electron chi connectivity index (χ4n) is 4.17. The van der Waals surface area contributed by atoms with E-state index in [0.717, 1.165) is 46.3 Å². The third kappa shape index (κ3) is 4.23. The van der Waals surface area contributed by atoms with Gasteiger partial charge in [-0.25, -0.2) is 4.98 Å².